The Morgan fingerprint density at radius 1 is 1.47 bits per heavy atom. The molecule has 1 aliphatic carbocycles. The molecule has 2 fully saturated rings. The molecule has 0 radical (unpaired) electrons. The van der Waals surface area contributed by atoms with E-state index < -0.39 is 5.41 Å². The summed E-state index contributed by atoms with van der Waals surface area (Å²) in [5, 5.41) is 2.98. The Morgan fingerprint density at radius 3 is 2.63 bits per heavy atom. The van der Waals surface area contributed by atoms with E-state index in [1.54, 1.807) is 0 Å². The molecule has 2 rings (SSSR count). The van der Waals surface area contributed by atoms with Gasteiger partial charge in [0.05, 0.1) is 4.99 Å². The molecule has 3 N–H and O–H groups in total. The number of ether oxygens (including phenoxy) is 1. The van der Waals surface area contributed by atoms with Crippen LogP contribution in [0.4, 0.5) is 0 Å². The zero-order valence-electron chi connectivity index (χ0n) is 11.5. The molecule has 108 valence electrons. The van der Waals surface area contributed by atoms with Gasteiger partial charge in [0, 0.05) is 32.3 Å². The molecule has 0 atom stereocenters. The lowest BCUT2D eigenvalue weighted by atomic mass is 9.79. The number of rotatable bonds is 6. The maximum atomic E-state index is 12.4. The fourth-order valence-electron chi connectivity index (χ4n) is 2.52. The minimum Gasteiger partial charge on any atom is -0.392 e. The lowest BCUT2D eigenvalue weighted by Crippen LogP contribution is -2.52. The smallest absolute Gasteiger partial charge is 0.233 e. The molecule has 6 heteroatoms. The summed E-state index contributed by atoms with van der Waals surface area (Å²) in [5.41, 5.74) is 5.09. The number of hydrogen-bond acceptors (Lipinski definition) is 4. The molecule has 0 spiro atoms. The lowest BCUT2D eigenvalue weighted by Gasteiger charge is -2.34. The number of amides is 1. The highest BCUT2D eigenvalue weighted by molar-refractivity contribution is 7.80. The number of nitrogens with two attached hydrogens (primary N) is 1. The van der Waals surface area contributed by atoms with E-state index in [0.717, 1.165) is 6.54 Å². The molecular formula is C13H23N3O2S. The van der Waals surface area contributed by atoms with E-state index in [0.29, 0.717) is 43.6 Å². The molecule has 1 heterocycles. The lowest BCUT2D eigenvalue weighted by molar-refractivity contribution is -0.131. The normalized spacial score (nSPS) is 22.2. The predicted octanol–water partition coefficient (Wildman–Crippen LogP) is 0.280. The molecule has 1 amide bonds. The van der Waals surface area contributed by atoms with E-state index in [2.05, 4.69) is 17.3 Å². The average molecular weight is 285 g/mol. The zero-order valence-corrected chi connectivity index (χ0v) is 12.3. The summed E-state index contributed by atoms with van der Waals surface area (Å²) in [6.45, 7) is 2.62. The van der Waals surface area contributed by atoms with Crippen molar-refractivity contribution in [1.82, 2.24) is 10.2 Å². The second-order valence-corrected chi connectivity index (χ2v) is 5.97. The zero-order chi connectivity index (χ0) is 13.9. The van der Waals surface area contributed by atoms with Crippen LogP contribution in [0, 0.1) is 5.41 Å². The first-order valence-electron chi connectivity index (χ1n) is 6.92. The quantitative estimate of drug-likeness (QED) is 0.686. The van der Waals surface area contributed by atoms with Crippen molar-refractivity contribution in [3.05, 3.63) is 0 Å². The fourth-order valence-corrected chi connectivity index (χ4v) is 2.81. The Bertz CT molecular complexity index is 352. The highest BCUT2D eigenvalue weighted by Crippen LogP contribution is 2.31. The van der Waals surface area contributed by atoms with Gasteiger partial charge in [0.15, 0.2) is 0 Å². The Hall–Kier alpha value is -0.720. The standard InChI is InChI=1S/C13H23N3O2S/c1-16(10-2-3-10)7-6-15-12(17)13(11(14)19)4-8-18-9-5-13/h10H,2-9H2,1H3,(H2,14,19)(H,15,17). The van der Waals surface area contributed by atoms with Gasteiger partial charge in [0.2, 0.25) is 5.91 Å². The minimum atomic E-state index is -0.703. The molecule has 0 bridgehead atoms. The van der Waals surface area contributed by atoms with Crippen LogP contribution in [0.25, 0.3) is 0 Å². The van der Waals surface area contributed by atoms with Gasteiger partial charge in [-0.25, -0.2) is 0 Å². The van der Waals surface area contributed by atoms with Gasteiger partial charge < -0.3 is 20.7 Å². The highest BCUT2D eigenvalue weighted by Gasteiger charge is 2.42. The summed E-state index contributed by atoms with van der Waals surface area (Å²) in [6.07, 6.45) is 3.73. The van der Waals surface area contributed by atoms with Gasteiger partial charge in [-0.15, -0.1) is 0 Å². The van der Waals surface area contributed by atoms with Crippen LogP contribution in [0.3, 0.4) is 0 Å². The van der Waals surface area contributed by atoms with Gasteiger partial charge in [-0.05, 0) is 32.7 Å². The number of carbonyl (C=O) groups excluding carboxylic acids is 1. The van der Waals surface area contributed by atoms with Gasteiger partial charge in [-0.3, -0.25) is 4.79 Å². The Balaban J connectivity index is 1.83. The summed E-state index contributed by atoms with van der Waals surface area (Å²) in [4.78, 5) is 15.0. The summed E-state index contributed by atoms with van der Waals surface area (Å²) in [7, 11) is 2.10. The number of likely N-dealkylation sites (N-methyl/N-ethyl adjacent to an activating group) is 1. The molecule has 1 saturated carbocycles. The second-order valence-electron chi connectivity index (χ2n) is 5.53. The van der Waals surface area contributed by atoms with Gasteiger partial charge in [-0.2, -0.15) is 0 Å². The molecule has 19 heavy (non-hydrogen) atoms. The van der Waals surface area contributed by atoms with Crippen LogP contribution in [-0.2, 0) is 9.53 Å². The topological polar surface area (TPSA) is 67.6 Å². The predicted molar refractivity (Wildman–Crippen MR) is 77.9 cm³/mol. The highest BCUT2D eigenvalue weighted by atomic mass is 32.1. The minimum absolute atomic E-state index is 0.0347. The van der Waals surface area contributed by atoms with E-state index >= 15 is 0 Å². The van der Waals surface area contributed by atoms with E-state index in [1.807, 2.05) is 0 Å². The SMILES string of the molecule is CN(CCNC(=O)C1(C(N)=S)CCOCC1)C1CC1. The molecule has 0 aromatic rings. The van der Waals surface area contributed by atoms with E-state index in [9.17, 15) is 4.79 Å². The summed E-state index contributed by atoms with van der Waals surface area (Å²) < 4.78 is 5.30. The van der Waals surface area contributed by atoms with Gasteiger partial charge >= 0.3 is 0 Å². The number of carbonyl (C=O) groups is 1. The number of thiocarbonyl (C=S) groups is 1. The van der Waals surface area contributed by atoms with Crippen molar-refractivity contribution in [2.24, 2.45) is 11.1 Å². The Labute approximate surface area is 119 Å². The van der Waals surface area contributed by atoms with Gasteiger partial charge in [0.25, 0.3) is 0 Å². The fraction of sp³-hybridized carbons (Fsp3) is 0.846. The maximum absolute atomic E-state index is 12.4. The van der Waals surface area contributed by atoms with E-state index in [1.165, 1.54) is 12.8 Å². The third kappa shape index (κ3) is 3.43. The molecule has 5 nitrogen and oxygen atoms in total. The largest absolute Gasteiger partial charge is 0.392 e. The monoisotopic (exact) mass is 285 g/mol. The van der Waals surface area contributed by atoms with Crippen LogP contribution in [0.2, 0.25) is 0 Å². The average Bonchev–Trinajstić information content (AvgIpc) is 3.23. The van der Waals surface area contributed by atoms with Crippen LogP contribution < -0.4 is 11.1 Å². The van der Waals surface area contributed by atoms with Crippen molar-refractivity contribution in [1.29, 1.82) is 0 Å². The molecule has 0 unspecified atom stereocenters. The molecule has 2 aliphatic rings. The summed E-state index contributed by atoms with van der Waals surface area (Å²) >= 11 is 5.11. The first-order valence-corrected chi connectivity index (χ1v) is 7.33. The molecule has 1 aliphatic heterocycles. The molecular weight excluding hydrogens is 262 g/mol. The number of nitrogens with zero attached hydrogens (tertiary/aromatic N) is 1. The van der Waals surface area contributed by atoms with Crippen LogP contribution >= 0.6 is 12.2 Å². The van der Waals surface area contributed by atoms with Crippen LogP contribution in [0.15, 0.2) is 0 Å². The first kappa shape index (κ1) is 14.7. The Morgan fingerprint density at radius 2 is 2.11 bits per heavy atom. The summed E-state index contributed by atoms with van der Waals surface area (Å²) in [6, 6.07) is 0.713. The van der Waals surface area contributed by atoms with Crippen LogP contribution in [0.1, 0.15) is 25.7 Å². The molecule has 1 saturated heterocycles. The van der Waals surface area contributed by atoms with Crippen molar-refractivity contribution in [3.8, 4) is 0 Å². The third-order valence-electron chi connectivity index (χ3n) is 4.17. The summed E-state index contributed by atoms with van der Waals surface area (Å²) in [5.74, 6) is -0.0347. The van der Waals surface area contributed by atoms with Crippen molar-refractivity contribution in [2.75, 3.05) is 33.4 Å². The van der Waals surface area contributed by atoms with Gasteiger partial charge in [-0.1, -0.05) is 12.2 Å². The van der Waals surface area contributed by atoms with Crippen LogP contribution in [0.5, 0.6) is 0 Å². The van der Waals surface area contributed by atoms with Crippen molar-refractivity contribution >= 4 is 23.1 Å². The molecule has 0 aromatic carbocycles. The third-order valence-corrected chi connectivity index (χ3v) is 4.56. The second kappa shape index (κ2) is 6.15. The van der Waals surface area contributed by atoms with E-state index in [-0.39, 0.29) is 5.91 Å². The van der Waals surface area contributed by atoms with Crippen LogP contribution in [-0.4, -0.2) is 55.2 Å². The maximum Gasteiger partial charge on any atom is 0.233 e. The number of nitrogens with one attached hydrogen (secondary N) is 1. The molecule has 0 aromatic heterocycles. The van der Waals surface area contributed by atoms with Gasteiger partial charge in [0.1, 0.15) is 5.41 Å². The van der Waals surface area contributed by atoms with Crippen molar-refractivity contribution in [2.45, 2.75) is 31.7 Å². The Kier molecular flexibility index (Phi) is 4.76. The van der Waals surface area contributed by atoms with E-state index in [4.69, 9.17) is 22.7 Å². The number of hydrogen-bond donors (Lipinski definition) is 2. The first-order chi connectivity index (χ1) is 9.06. The van der Waals surface area contributed by atoms with Crippen molar-refractivity contribution < 1.29 is 9.53 Å². The van der Waals surface area contributed by atoms with Crippen molar-refractivity contribution in [3.63, 3.8) is 0 Å².